The van der Waals surface area contributed by atoms with Crippen LogP contribution in [-0.4, -0.2) is 62.3 Å². The second-order valence-electron chi connectivity index (χ2n) is 4.65. The summed E-state index contributed by atoms with van der Waals surface area (Å²) >= 11 is 6.79. The first-order valence-electron chi connectivity index (χ1n) is 6.36. The molecule has 1 aliphatic rings. The van der Waals surface area contributed by atoms with Crippen molar-refractivity contribution < 1.29 is 18.0 Å². The van der Waals surface area contributed by atoms with Crippen LogP contribution in [0, 0.1) is 0 Å². The lowest BCUT2D eigenvalue weighted by molar-refractivity contribution is -0.121. The largest absolute Gasteiger partial charge is 0.351 e. The van der Waals surface area contributed by atoms with Crippen LogP contribution < -0.4 is 11.1 Å². The van der Waals surface area contributed by atoms with Crippen molar-refractivity contribution in [2.24, 2.45) is 5.73 Å². The summed E-state index contributed by atoms with van der Waals surface area (Å²) in [7, 11) is -3.55. The highest BCUT2D eigenvalue weighted by Gasteiger charge is 2.30. The number of carbonyl (C=O) groups excluding carboxylic acids is 2. The predicted octanol–water partition coefficient (Wildman–Crippen LogP) is -0.0973. The van der Waals surface area contributed by atoms with Gasteiger partial charge in [-0.05, 0) is 12.1 Å². The molecule has 0 aliphatic carbocycles. The number of primary amides is 1. The quantitative estimate of drug-likeness (QED) is 0.772. The molecule has 0 aromatic carbocycles. The van der Waals surface area contributed by atoms with Crippen LogP contribution in [-0.2, 0) is 14.8 Å². The van der Waals surface area contributed by atoms with E-state index in [2.05, 4.69) is 0 Å². The maximum absolute atomic E-state index is 12.4. The van der Waals surface area contributed by atoms with Gasteiger partial charge in [-0.3, -0.25) is 15.0 Å². The minimum atomic E-state index is -3.55. The summed E-state index contributed by atoms with van der Waals surface area (Å²) in [6, 6.07) is 2.12. The number of nitrogens with two attached hydrogens (primary N) is 1. The van der Waals surface area contributed by atoms with Crippen LogP contribution >= 0.6 is 22.9 Å². The number of rotatable bonds is 4. The molecular formula is C11H15ClN4O4S2. The minimum Gasteiger partial charge on any atom is -0.351 e. The summed E-state index contributed by atoms with van der Waals surface area (Å²) in [6.07, 6.45) is 0. The normalized spacial score (nSPS) is 17.3. The molecule has 1 aromatic rings. The topological polar surface area (TPSA) is 113 Å². The van der Waals surface area contributed by atoms with E-state index in [-0.39, 0.29) is 23.8 Å². The van der Waals surface area contributed by atoms with Crippen molar-refractivity contribution in [3.63, 3.8) is 0 Å². The molecule has 0 spiro atoms. The third kappa shape index (κ3) is 4.17. The van der Waals surface area contributed by atoms with Gasteiger partial charge < -0.3 is 5.73 Å². The van der Waals surface area contributed by atoms with Gasteiger partial charge >= 0.3 is 6.03 Å². The lowest BCUT2D eigenvalue weighted by atomic mass is 10.3. The number of halogens is 1. The Kier molecular flexibility index (Phi) is 5.40. The second-order valence-corrected chi connectivity index (χ2v) is 8.53. The Balaban J connectivity index is 1.92. The zero-order valence-corrected chi connectivity index (χ0v) is 13.9. The number of nitrogens with zero attached hydrogens (tertiary/aromatic N) is 2. The summed E-state index contributed by atoms with van der Waals surface area (Å²) in [5.41, 5.74) is 4.86. The molecule has 0 radical (unpaired) electrons. The minimum absolute atomic E-state index is 0.00164. The summed E-state index contributed by atoms with van der Waals surface area (Å²) < 4.78 is 26.8. The molecule has 3 amide bonds. The lowest BCUT2D eigenvalue weighted by Gasteiger charge is -2.33. The van der Waals surface area contributed by atoms with E-state index < -0.39 is 22.0 Å². The molecule has 1 saturated heterocycles. The third-order valence-electron chi connectivity index (χ3n) is 3.10. The van der Waals surface area contributed by atoms with Crippen molar-refractivity contribution >= 4 is 44.9 Å². The number of urea groups is 1. The average molecular weight is 367 g/mol. The second kappa shape index (κ2) is 6.92. The average Bonchev–Trinajstić information content (AvgIpc) is 2.86. The molecule has 122 valence electrons. The predicted molar refractivity (Wildman–Crippen MR) is 82.3 cm³/mol. The number of sulfonamides is 1. The zero-order valence-electron chi connectivity index (χ0n) is 11.5. The van der Waals surface area contributed by atoms with Crippen LogP contribution in [0.5, 0.6) is 0 Å². The van der Waals surface area contributed by atoms with E-state index in [0.29, 0.717) is 17.4 Å². The number of piperazine rings is 1. The van der Waals surface area contributed by atoms with E-state index in [9.17, 15) is 18.0 Å². The molecule has 8 nitrogen and oxygen atoms in total. The maximum atomic E-state index is 12.4. The highest BCUT2D eigenvalue weighted by molar-refractivity contribution is 7.91. The Bertz CT molecular complexity index is 667. The molecule has 3 N–H and O–H groups in total. The first kappa shape index (κ1) is 17.2. The van der Waals surface area contributed by atoms with E-state index in [1.54, 1.807) is 11.0 Å². The fourth-order valence-electron chi connectivity index (χ4n) is 2.07. The van der Waals surface area contributed by atoms with Gasteiger partial charge in [-0.15, -0.1) is 11.3 Å². The molecule has 0 unspecified atom stereocenters. The number of hydrogen-bond donors (Lipinski definition) is 2. The lowest BCUT2D eigenvalue weighted by Crippen LogP contribution is -2.51. The zero-order chi connectivity index (χ0) is 16.3. The Morgan fingerprint density at radius 2 is 1.91 bits per heavy atom. The first-order valence-corrected chi connectivity index (χ1v) is 8.99. The molecule has 1 aromatic heterocycles. The van der Waals surface area contributed by atoms with Gasteiger partial charge in [0, 0.05) is 26.2 Å². The van der Waals surface area contributed by atoms with Gasteiger partial charge in [0.15, 0.2) is 0 Å². The van der Waals surface area contributed by atoms with Gasteiger partial charge in [-0.2, -0.15) is 4.31 Å². The molecule has 11 heteroatoms. The molecule has 0 atom stereocenters. The molecule has 1 fully saturated rings. The van der Waals surface area contributed by atoms with Gasteiger partial charge in [0.1, 0.15) is 4.21 Å². The Morgan fingerprint density at radius 1 is 1.27 bits per heavy atom. The van der Waals surface area contributed by atoms with E-state index >= 15 is 0 Å². The molecule has 2 rings (SSSR count). The monoisotopic (exact) mass is 366 g/mol. The van der Waals surface area contributed by atoms with Gasteiger partial charge in [-0.1, -0.05) is 11.6 Å². The van der Waals surface area contributed by atoms with Crippen molar-refractivity contribution in [1.82, 2.24) is 14.5 Å². The van der Waals surface area contributed by atoms with E-state index in [1.807, 2.05) is 5.32 Å². The van der Waals surface area contributed by atoms with Gasteiger partial charge in [0.05, 0.1) is 10.9 Å². The molecular weight excluding hydrogens is 352 g/mol. The number of carbonyl (C=O) groups is 2. The van der Waals surface area contributed by atoms with Crippen molar-refractivity contribution in [1.29, 1.82) is 0 Å². The van der Waals surface area contributed by atoms with Crippen LogP contribution in [0.15, 0.2) is 16.3 Å². The van der Waals surface area contributed by atoms with Crippen LogP contribution in [0.1, 0.15) is 0 Å². The van der Waals surface area contributed by atoms with Crippen LogP contribution in [0.4, 0.5) is 4.79 Å². The van der Waals surface area contributed by atoms with Crippen molar-refractivity contribution in [3.8, 4) is 0 Å². The van der Waals surface area contributed by atoms with Gasteiger partial charge in [0.2, 0.25) is 5.91 Å². The summed E-state index contributed by atoms with van der Waals surface area (Å²) in [4.78, 5) is 23.7. The van der Waals surface area contributed by atoms with E-state index in [4.69, 9.17) is 17.3 Å². The fraction of sp³-hybridized carbons (Fsp3) is 0.455. The summed E-state index contributed by atoms with van der Waals surface area (Å²) in [5.74, 6) is -0.506. The summed E-state index contributed by atoms with van der Waals surface area (Å²) in [6.45, 7) is 1.32. The van der Waals surface area contributed by atoms with Crippen LogP contribution in [0.25, 0.3) is 0 Å². The van der Waals surface area contributed by atoms with Crippen LogP contribution in [0.3, 0.4) is 0 Å². The number of imide groups is 1. The van der Waals surface area contributed by atoms with Gasteiger partial charge in [-0.25, -0.2) is 13.2 Å². The number of nitrogens with one attached hydrogen (secondary N) is 1. The molecule has 2 heterocycles. The molecule has 22 heavy (non-hydrogen) atoms. The highest BCUT2D eigenvalue weighted by Crippen LogP contribution is 2.28. The Labute approximate surface area is 136 Å². The molecule has 0 saturated carbocycles. The SMILES string of the molecule is NC(=O)NC(=O)CN1CCN(S(=O)(=O)c2ccc(Cl)s2)CC1. The van der Waals surface area contributed by atoms with Crippen molar-refractivity contribution in [3.05, 3.63) is 16.5 Å². The van der Waals surface area contributed by atoms with E-state index in [1.165, 1.54) is 10.4 Å². The molecule has 0 bridgehead atoms. The van der Waals surface area contributed by atoms with Crippen molar-refractivity contribution in [2.45, 2.75) is 4.21 Å². The number of amides is 3. The Hall–Kier alpha value is -1.20. The number of hydrogen-bond acceptors (Lipinski definition) is 6. The third-order valence-corrected chi connectivity index (χ3v) is 6.70. The highest BCUT2D eigenvalue weighted by atomic mass is 35.5. The smallest absolute Gasteiger partial charge is 0.318 e. The van der Waals surface area contributed by atoms with Gasteiger partial charge in [0.25, 0.3) is 10.0 Å². The Morgan fingerprint density at radius 3 is 2.41 bits per heavy atom. The number of thiophene rings is 1. The van der Waals surface area contributed by atoms with E-state index in [0.717, 1.165) is 11.3 Å². The van der Waals surface area contributed by atoms with Crippen LogP contribution in [0.2, 0.25) is 4.34 Å². The fourth-order valence-corrected chi connectivity index (χ4v) is 5.13. The maximum Gasteiger partial charge on any atom is 0.318 e. The molecule has 1 aliphatic heterocycles. The summed E-state index contributed by atoms with van der Waals surface area (Å²) in [5, 5.41) is 1.97. The standard InChI is InChI=1S/C11H15ClN4O4S2/c12-8-1-2-10(21-8)22(19,20)16-5-3-15(4-6-16)7-9(17)14-11(13)18/h1-2H,3-7H2,(H3,13,14,17,18). The first-order chi connectivity index (χ1) is 10.3. The van der Waals surface area contributed by atoms with Crippen molar-refractivity contribution in [2.75, 3.05) is 32.7 Å².